The average Bonchev–Trinajstić information content (AvgIpc) is 3.45. The van der Waals surface area contributed by atoms with E-state index in [-0.39, 0.29) is 11.3 Å². The fourth-order valence-electron chi connectivity index (χ4n) is 5.86. The molecular weight excluding hydrogens is 524 g/mol. The highest BCUT2D eigenvalue weighted by atomic mass is 16.4. The van der Waals surface area contributed by atoms with Crippen LogP contribution in [0.2, 0.25) is 0 Å². The Kier molecular flexibility index (Phi) is 6.34. The molecule has 4 amide bonds. The SMILES string of the molecule is Cc1ccc([C@H]2c3[nH]c4ccccc4c3C[C@H]3C(=O)N(c4ccccc4C(=O)N[C@H](C(=O)O)[C@@H](C)O)C(=O)N23)cc1. The number of carboxylic acid groups (broad SMARTS) is 1. The first kappa shape index (κ1) is 26.3. The number of hydrogen-bond acceptors (Lipinski definition) is 5. The molecule has 0 saturated carbocycles. The van der Waals surface area contributed by atoms with Crippen molar-refractivity contribution in [1.29, 1.82) is 0 Å². The topological polar surface area (TPSA) is 143 Å². The lowest BCUT2D eigenvalue weighted by atomic mass is 9.88. The van der Waals surface area contributed by atoms with Gasteiger partial charge in [0, 0.05) is 23.0 Å². The van der Waals surface area contributed by atoms with Gasteiger partial charge in [0.15, 0.2) is 6.04 Å². The number of carbonyl (C=O) groups is 4. The van der Waals surface area contributed by atoms with Crippen molar-refractivity contribution >= 4 is 40.4 Å². The number of urea groups is 1. The van der Waals surface area contributed by atoms with E-state index >= 15 is 0 Å². The number of benzene rings is 3. The number of anilines is 1. The van der Waals surface area contributed by atoms with Gasteiger partial charge in [0.25, 0.3) is 11.8 Å². The summed E-state index contributed by atoms with van der Waals surface area (Å²) in [6.07, 6.45) is -1.08. The molecule has 208 valence electrons. The van der Waals surface area contributed by atoms with E-state index in [1.165, 1.54) is 19.1 Å². The molecule has 4 aromatic rings. The molecule has 10 heteroatoms. The Hall–Kier alpha value is -4.96. The van der Waals surface area contributed by atoms with Crippen LogP contribution in [-0.2, 0) is 16.0 Å². The molecule has 0 bridgehead atoms. The van der Waals surface area contributed by atoms with Gasteiger partial charge in [0.2, 0.25) is 0 Å². The molecule has 1 saturated heterocycles. The molecule has 4 N–H and O–H groups in total. The van der Waals surface area contributed by atoms with Crippen LogP contribution in [0.15, 0.2) is 72.8 Å². The summed E-state index contributed by atoms with van der Waals surface area (Å²) < 4.78 is 0. The van der Waals surface area contributed by atoms with Gasteiger partial charge in [0.1, 0.15) is 12.1 Å². The van der Waals surface area contributed by atoms with Crippen LogP contribution in [0.1, 0.15) is 45.7 Å². The monoisotopic (exact) mass is 552 g/mol. The molecule has 0 spiro atoms. The molecule has 0 unspecified atom stereocenters. The predicted molar refractivity (Wildman–Crippen MR) is 151 cm³/mol. The summed E-state index contributed by atoms with van der Waals surface area (Å²) in [6.45, 7) is 3.22. The van der Waals surface area contributed by atoms with Gasteiger partial charge in [-0.2, -0.15) is 0 Å². The first-order chi connectivity index (χ1) is 19.7. The third-order valence-corrected chi connectivity index (χ3v) is 7.87. The van der Waals surface area contributed by atoms with Crippen LogP contribution in [0.5, 0.6) is 0 Å². The predicted octanol–water partition coefficient (Wildman–Crippen LogP) is 3.52. The van der Waals surface area contributed by atoms with Crippen molar-refractivity contribution in [3.05, 3.63) is 101 Å². The van der Waals surface area contributed by atoms with Crippen LogP contribution >= 0.6 is 0 Å². The first-order valence-electron chi connectivity index (χ1n) is 13.3. The highest BCUT2D eigenvalue weighted by Crippen LogP contribution is 2.45. The van der Waals surface area contributed by atoms with Gasteiger partial charge in [-0.05, 0) is 43.2 Å². The number of fused-ring (bicyclic) bond motifs is 4. The number of aliphatic carboxylic acids is 1. The number of aliphatic hydroxyl groups is 1. The molecule has 2 aliphatic rings. The zero-order chi connectivity index (χ0) is 29.0. The second-order valence-electron chi connectivity index (χ2n) is 10.5. The molecule has 0 radical (unpaired) electrons. The molecular formula is C31H28N4O6. The number of nitrogens with zero attached hydrogens (tertiary/aromatic N) is 2. The number of amides is 4. The summed E-state index contributed by atoms with van der Waals surface area (Å²) in [4.78, 5) is 59.1. The maximum Gasteiger partial charge on any atom is 0.332 e. The summed E-state index contributed by atoms with van der Waals surface area (Å²) in [6, 6.07) is 18.1. The van der Waals surface area contributed by atoms with Crippen molar-refractivity contribution in [2.45, 2.75) is 44.5 Å². The van der Waals surface area contributed by atoms with Crippen molar-refractivity contribution < 1.29 is 29.4 Å². The van der Waals surface area contributed by atoms with Gasteiger partial charge in [-0.25, -0.2) is 14.5 Å². The van der Waals surface area contributed by atoms with Gasteiger partial charge >= 0.3 is 12.0 Å². The molecule has 1 fully saturated rings. The molecule has 3 aromatic carbocycles. The summed E-state index contributed by atoms with van der Waals surface area (Å²) >= 11 is 0. The molecule has 41 heavy (non-hydrogen) atoms. The third kappa shape index (κ3) is 4.23. The standard InChI is InChI=1S/C31H28N4O6/c1-16-11-13-18(14-12-16)27-26-21(19-7-3-5-9-22(19)32-26)15-24-29(38)35(31(41)34(24)27)23-10-6-4-8-20(23)28(37)33-25(17(2)36)30(39)40/h3-14,17,24-25,27,32,36H,15H2,1-2H3,(H,33,37)(H,39,40)/t17-,24+,25+,27+/m1/s1. The molecule has 0 aliphatic carbocycles. The number of carbonyl (C=O) groups excluding carboxylic acids is 3. The van der Waals surface area contributed by atoms with Crippen LogP contribution in [0.3, 0.4) is 0 Å². The van der Waals surface area contributed by atoms with E-state index in [1.54, 1.807) is 17.0 Å². The largest absolute Gasteiger partial charge is 0.480 e. The minimum Gasteiger partial charge on any atom is -0.480 e. The molecule has 3 heterocycles. The van der Waals surface area contributed by atoms with Crippen LogP contribution in [0.4, 0.5) is 10.5 Å². The van der Waals surface area contributed by atoms with E-state index in [4.69, 9.17) is 0 Å². The van der Waals surface area contributed by atoms with Crippen molar-refractivity contribution in [1.82, 2.24) is 15.2 Å². The first-order valence-corrected chi connectivity index (χ1v) is 13.3. The number of hydrogen-bond donors (Lipinski definition) is 4. The van der Waals surface area contributed by atoms with Crippen molar-refractivity contribution in [3.63, 3.8) is 0 Å². The maximum atomic E-state index is 14.2. The third-order valence-electron chi connectivity index (χ3n) is 7.87. The summed E-state index contributed by atoms with van der Waals surface area (Å²) in [5.74, 6) is -2.72. The highest BCUT2D eigenvalue weighted by Gasteiger charge is 2.53. The second-order valence-corrected chi connectivity index (χ2v) is 10.5. The van der Waals surface area contributed by atoms with Crippen molar-refractivity contribution in [3.8, 4) is 0 Å². The van der Waals surface area contributed by atoms with Gasteiger partial charge in [-0.3, -0.25) is 14.5 Å². The Bertz CT molecular complexity index is 1710. The molecule has 10 nitrogen and oxygen atoms in total. The van der Waals surface area contributed by atoms with Gasteiger partial charge in [-0.1, -0.05) is 60.2 Å². The number of aromatic amines is 1. The fourth-order valence-corrected chi connectivity index (χ4v) is 5.86. The summed E-state index contributed by atoms with van der Waals surface area (Å²) in [5.41, 5.74) is 4.59. The lowest BCUT2D eigenvalue weighted by molar-refractivity contribution is -0.141. The Morgan fingerprint density at radius 2 is 1.68 bits per heavy atom. The van der Waals surface area contributed by atoms with Crippen LogP contribution in [0.25, 0.3) is 10.9 Å². The lowest BCUT2D eigenvalue weighted by Crippen LogP contribution is -2.48. The minimum absolute atomic E-state index is 0.0420. The van der Waals surface area contributed by atoms with E-state index in [2.05, 4.69) is 10.3 Å². The van der Waals surface area contributed by atoms with E-state index in [1.807, 2.05) is 55.5 Å². The average molecular weight is 553 g/mol. The Labute approximate surface area is 235 Å². The fraction of sp³-hybridized carbons (Fsp3) is 0.226. The zero-order valence-electron chi connectivity index (χ0n) is 22.4. The summed E-state index contributed by atoms with van der Waals surface area (Å²) in [7, 11) is 0. The highest BCUT2D eigenvalue weighted by molar-refractivity contribution is 6.24. The Morgan fingerprint density at radius 3 is 2.39 bits per heavy atom. The Morgan fingerprint density at radius 1 is 1.00 bits per heavy atom. The second kappa shape index (κ2) is 9.90. The number of para-hydroxylation sites is 2. The van der Waals surface area contributed by atoms with Crippen LogP contribution < -0.4 is 10.2 Å². The molecule has 6 rings (SSSR count). The number of aliphatic hydroxyl groups excluding tert-OH is 1. The number of imide groups is 1. The van der Waals surface area contributed by atoms with Crippen molar-refractivity contribution in [2.75, 3.05) is 4.90 Å². The van der Waals surface area contributed by atoms with E-state index in [0.29, 0.717) is 6.42 Å². The zero-order valence-corrected chi connectivity index (χ0v) is 22.4. The van der Waals surface area contributed by atoms with Crippen LogP contribution in [0, 0.1) is 6.92 Å². The Balaban J connectivity index is 1.44. The summed E-state index contributed by atoms with van der Waals surface area (Å²) in [5, 5.41) is 22.6. The lowest BCUT2D eigenvalue weighted by Gasteiger charge is -2.36. The number of aryl methyl sites for hydroxylation is 1. The van der Waals surface area contributed by atoms with Gasteiger partial charge in [0.05, 0.1) is 17.4 Å². The van der Waals surface area contributed by atoms with Gasteiger partial charge in [-0.15, -0.1) is 0 Å². The molecule has 2 aliphatic heterocycles. The number of nitrogens with one attached hydrogen (secondary N) is 2. The van der Waals surface area contributed by atoms with E-state index < -0.39 is 48.0 Å². The number of aromatic nitrogens is 1. The minimum atomic E-state index is -1.57. The molecule has 4 atom stereocenters. The number of carboxylic acids is 1. The molecule has 1 aromatic heterocycles. The maximum absolute atomic E-state index is 14.2. The quantitative estimate of drug-likeness (QED) is 0.270. The van der Waals surface area contributed by atoms with E-state index in [0.717, 1.165) is 38.2 Å². The smallest absolute Gasteiger partial charge is 0.332 e. The van der Waals surface area contributed by atoms with Gasteiger partial charge < -0.3 is 20.5 Å². The number of rotatable bonds is 6. The van der Waals surface area contributed by atoms with Crippen molar-refractivity contribution in [2.24, 2.45) is 0 Å². The van der Waals surface area contributed by atoms with E-state index in [9.17, 15) is 29.4 Å². The number of H-pyrrole nitrogens is 1. The normalized spacial score (nSPS) is 19.6. The van der Waals surface area contributed by atoms with Crippen LogP contribution in [-0.4, -0.2) is 62.1 Å².